The van der Waals surface area contributed by atoms with Gasteiger partial charge < -0.3 is 9.80 Å². The van der Waals surface area contributed by atoms with E-state index in [1.807, 2.05) is 17.9 Å². The Morgan fingerprint density at radius 2 is 1.72 bits per heavy atom. The summed E-state index contributed by atoms with van der Waals surface area (Å²) in [5, 5.41) is 0. The van der Waals surface area contributed by atoms with Gasteiger partial charge in [-0.1, -0.05) is 51.1 Å². The molecule has 5 heteroatoms. The minimum atomic E-state index is 0.0206. The topological polar surface area (TPSA) is 49.3 Å². The molecular formula is C24H34N4O. The third-order valence-electron chi connectivity index (χ3n) is 5.36. The van der Waals surface area contributed by atoms with E-state index in [0.717, 1.165) is 56.4 Å². The Balaban J connectivity index is 1.80. The average molecular weight is 395 g/mol. The molecule has 1 aromatic heterocycles. The van der Waals surface area contributed by atoms with Crippen molar-refractivity contribution in [1.82, 2.24) is 14.9 Å². The Morgan fingerprint density at radius 1 is 1.00 bits per heavy atom. The quantitative estimate of drug-likeness (QED) is 0.781. The molecule has 3 rings (SSSR count). The second-order valence-electron chi connectivity index (χ2n) is 9.28. The Bertz CT molecular complexity index is 842. The van der Waals surface area contributed by atoms with Gasteiger partial charge >= 0.3 is 0 Å². The van der Waals surface area contributed by atoms with Gasteiger partial charge in [-0.25, -0.2) is 9.97 Å². The number of carbonyl (C=O) groups is 1. The molecule has 5 nitrogen and oxygen atoms in total. The van der Waals surface area contributed by atoms with Gasteiger partial charge in [0, 0.05) is 50.3 Å². The van der Waals surface area contributed by atoms with Crippen LogP contribution in [0.4, 0.5) is 5.82 Å². The molecule has 1 amide bonds. The third kappa shape index (κ3) is 5.78. The SMILES string of the molecule is Cc1nc(C)c(Cc2ccccc2)c(N2CCCN(C(=O)CC(C)(C)C)CC2)n1. The van der Waals surface area contributed by atoms with Crippen molar-refractivity contribution in [3.8, 4) is 0 Å². The summed E-state index contributed by atoms with van der Waals surface area (Å²) in [6.07, 6.45) is 2.38. The highest BCUT2D eigenvalue weighted by Crippen LogP contribution is 2.26. The van der Waals surface area contributed by atoms with Crippen molar-refractivity contribution in [2.45, 2.75) is 53.9 Å². The normalized spacial score (nSPS) is 15.3. The highest BCUT2D eigenvalue weighted by atomic mass is 16.2. The van der Waals surface area contributed by atoms with E-state index >= 15 is 0 Å². The second-order valence-corrected chi connectivity index (χ2v) is 9.28. The van der Waals surface area contributed by atoms with Gasteiger partial charge in [-0.05, 0) is 31.2 Å². The molecule has 0 atom stereocenters. The van der Waals surface area contributed by atoms with Crippen LogP contribution in [0.15, 0.2) is 30.3 Å². The number of amides is 1. The lowest BCUT2D eigenvalue weighted by Crippen LogP contribution is -2.37. The Labute approximate surface area is 175 Å². The predicted molar refractivity (Wildman–Crippen MR) is 118 cm³/mol. The number of aryl methyl sites for hydroxylation is 2. The van der Waals surface area contributed by atoms with Crippen molar-refractivity contribution in [1.29, 1.82) is 0 Å². The van der Waals surface area contributed by atoms with Gasteiger partial charge in [-0.3, -0.25) is 4.79 Å². The van der Waals surface area contributed by atoms with Crippen LogP contribution in [0.2, 0.25) is 0 Å². The summed E-state index contributed by atoms with van der Waals surface area (Å²) < 4.78 is 0. The lowest BCUT2D eigenvalue weighted by molar-refractivity contribution is -0.132. The van der Waals surface area contributed by atoms with E-state index in [9.17, 15) is 4.79 Å². The molecule has 1 saturated heterocycles. The molecule has 2 aromatic rings. The molecule has 0 unspecified atom stereocenters. The Morgan fingerprint density at radius 3 is 2.41 bits per heavy atom. The van der Waals surface area contributed by atoms with Gasteiger partial charge in [0.2, 0.25) is 5.91 Å². The number of carbonyl (C=O) groups excluding carboxylic acids is 1. The van der Waals surface area contributed by atoms with Gasteiger partial charge in [0.05, 0.1) is 0 Å². The van der Waals surface area contributed by atoms with E-state index in [-0.39, 0.29) is 11.3 Å². The van der Waals surface area contributed by atoms with Gasteiger partial charge in [0.25, 0.3) is 0 Å². The number of hydrogen-bond acceptors (Lipinski definition) is 4. The summed E-state index contributed by atoms with van der Waals surface area (Å²) in [6.45, 7) is 13.7. The molecule has 0 N–H and O–H groups in total. The molecule has 1 aliphatic rings. The summed E-state index contributed by atoms with van der Waals surface area (Å²) in [4.78, 5) is 26.6. The Kier molecular flexibility index (Phi) is 6.56. The van der Waals surface area contributed by atoms with Crippen LogP contribution >= 0.6 is 0 Å². The predicted octanol–water partition coefficient (Wildman–Crippen LogP) is 4.16. The first-order valence-electron chi connectivity index (χ1n) is 10.6. The highest BCUT2D eigenvalue weighted by Gasteiger charge is 2.25. The summed E-state index contributed by atoms with van der Waals surface area (Å²) in [7, 11) is 0. The fraction of sp³-hybridized carbons (Fsp3) is 0.542. The van der Waals surface area contributed by atoms with Crippen LogP contribution in [0.3, 0.4) is 0 Å². The number of anilines is 1. The maximum absolute atomic E-state index is 12.7. The van der Waals surface area contributed by atoms with Crippen LogP contribution < -0.4 is 4.90 Å². The molecule has 0 saturated carbocycles. The van der Waals surface area contributed by atoms with E-state index in [1.54, 1.807) is 0 Å². The fourth-order valence-corrected chi connectivity index (χ4v) is 3.93. The van der Waals surface area contributed by atoms with E-state index in [1.165, 1.54) is 11.1 Å². The molecule has 0 aliphatic carbocycles. The zero-order chi connectivity index (χ0) is 21.0. The van der Waals surface area contributed by atoms with E-state index in [4.69, 9.17) is 4.98 Å². The zero-order valence-electron chi connectivity index (χ0n) is 18.5. The highest BCUT2D eigenvalue weighted by molar-refractivity contribution is 5.77. The molecular weight excluding hydrogens is 360 g/mol. The first-order chi connectivity index (χ1) is 13.7. The van der Waals surface area contributed by atoms with Crippen molar-refractivity contribution >= 4 is 11.7 Å². The lowest BCUT2D eigenvalue weighted by Gasteiger charge is -2.27. The molecule has 1 aliphatic heterocycles. The van der Waals surface area contributed by atoms with Gasteiger partial charge in [0.15, 0.2) is 0 Å². The van der Waals surface area contributed by atoms with Crippen molar-refractivity contribution in [2.24, 2.45) is 5.41 Å². The van der Waals surface area contributed by atoms with Crippen LogP contribution in [0.1, 0.15) is 56.3 Å². The van der Waals surface area contributed by atoms with Crippen LogP contribution in [0.5, 0.6) is 0 Å². The van der Waals surface area contributed by atoms with Crippen molar-refractivity contribution in [3.63, 3.8) is 0 Å². The average Bonchev–Trinajstić information content (AvgIpc) is 2.89. The van der Waals surface area contributed by atoms with E-state index in [0.29, 0.717) is 6.42 Å². The first kappa shape index (κ1) is 21.3. The first-order valence-corrected chi connectivity index (χ1v) is 10.6. The minimum absolute atomic E-state index is 0.0206. The molecule has 1 fully saturated rings. The monoisotopic (exact) mass is 394 g/mol. The van der Waals surface area contributed by atoms with Crippen LogP contribution in [-0.2, 0) is 11.2 Å². The van der Waals surface area contributed by atoms with Crippen LogP contribution in [0, 0.1) is 19.3 Å². The third-order valence-corrected chi connectivity index (χ3v) is 5.36. The molecule has 0 radical (unpaired) electrons. The zero-order valence-corrected chi connectivity index (χ0v) is 18.5. The van der Waals surface area contributed by atoms with Crippen molar-refractivity contribution < 1.29 is 4.79 Å². The van der Waals surface area contributed by atoms with Gasteiger partial charge in [-0.2, -0.15) is 0 Å². The number of benzene rings is 1. The number of hydrogen-bond donors (Lipinski definition) is 0. The lowest BCUT2D eigenvalue weighted by atomic mass is 9.91. The van der Waals surface area contributed by atoms with E-state index < -0.39 is 0 Å². The number of nitrogens with zero attached hydrogens (tertiary/aromatic N) is 4. The molecule has 2 heterocycles. The van der Waals surface area contributed by atoms with Crippen molar-refractivity contribution in [2.75, 3.05) is 31.1 Å². The van der Waals surface area contributed by atoms with Crippen molar-refractivity contribution in [3.05, 3.63) is 53.0 Å². The Hall–Kier alpha value is -2.43. The maximum Gasteiger partial charge on any atom is 0.223 e. The fourth-order valence-electron chi connectivity index (χ4n) is 3.93. The summed E-state index contributed by atoms with van der Waals surface area (Å²) in [6, 6.07) is 10.5. The largest absolute Gasteiger partial charge is 0.354 e. The minimum Gasteiger partial charge on any atom is -0.354 e. The second kappa shape index (κ2) is 8.93. The summed E-state index contributed by atoms with van der Waals surface area (Å²) in [5.41, 5.74) is 3.52. The number of aromatic nitrogens is 2. The molecule has 29 heavy (non-hydrogen) atoms. The van der Waals surface area contributed by atoms with Gasteiger partial charge in [-0.15, -0.1) is 0 Å². The maximum atomic E-state index is 12.7. The molecule has 0 bridgehead atoms. The molecule has 156 valence electrons. The van der Waals surface area contributed by atoms with Crippen LogP contribution in [-0.4, -0.2) is 47.0 Å². The van der Waals surface area contributed by atoms with Crippen LogP contribution in [0.25, 0.3) is 0 Å². The smallest absolute Gasteiger partial charge is 0.223 e. The van der Waals surface area contributed by atoms with E-state index in [2.05, 4.69) is 61.8 Å². The molecule has 1 aromatic carbocycles. The number of rotatable bonds is 4. The standard InChI is InChI=1S/C24H34N4O/c1-18-21(16-20-10-7-6-8-11-20)23(26-19(2)25-18)28-13-9-12-27(14-15-28)22(29)17-24(3,4)5/h6-8,10-11H,9,12-17H2,1-5H3. The molecule has 0 spiro atoms. The summed E-state index contributed by atoms with van der Waals surface area (Å²) >= 11 is 0. The van der Waals surface area contributed by atoms with Gasteiger partial charge in [0.1, 0.15) is 11.6 Å². The summed E-state index contributed by atoms with van der Waals surface area (Å²) in [5.74, 6) is 2.10.